The minimum Gasteiger partial charge on any atom is -0.508 e. The fourth-order valence-electron chi connectivity index (χ4n) is 7.60. The molecule has 3 aliphatic rings. The molecule has 3 atom stereocenters. The lowest BCUT2D eigenvalue weighted by atomic mass is 9.95. The number of amides is 3. The molecule has 314 valence electrons. The van der Waals surface area contributed by atoms with E-state index in [9.17, 15) is 29.1 Å². The molecule has 0 radical (unpaired) electrons. The Bertz CT molecular complexity index is 2070. The van der Waals surface area contributed by atoms with Crippen molar-refractivity contribution in [2.75, 3.05) is 24.6 Å². The van der Waals surface area contributed by atoms with Gasteiger partial charge in [-0.3, -0.25) is 19.2 Å². The number of hydrogen-bond donors (Lipinski definition) is 2. The fourth-order valence-corrected chi connectivity index (χ4v) is 8.82. The third-order valence-corrected chi connectivity index (χ3v) is 16.7. The van der Waals surface area contributed by atoms with Crippen LogP contribution in [0.4, 0.5) is 10.5 Å². The molecule has 3 aromatic rings. The van der Waals surface area contributed by atoms with Gasteiger partial charge in [-0.1, -0.05) is 88.0 Å². The summed E-state index contributed by atoms with van der Waals surface area (Å²) in [6.07, 6.45) is 2.92. The maximum Gasteiger partial charge on any atom is 0.416 e. The highest BCUT2D eigenvalue weighted by atomic mass is 28.4. The Balaban J connectivity index is 1.13. The van der Waals surface area contributed by atoms with E-state index in [0.717, 1.165) is 18.4 Å². The highest BCUT2D eigenvalue weighted by molar-refractivity contribution is 6.74. The van der Waals surface area contributed by atoms with Gasteiger partial charge in [0.2, 0.25) is 5.91 Å². The topological polar surface area (TPSA) is 152 Å². The molecule has 1 unspecified atom stereocenters. The first-order valence-electron chi connectivity index (χ1n) is 20.4. The number of esters is 1. The van der Waals surface area contributed by atoms with Gasteiger partial charge in [0, 0.05) is 19.0 Å². The Hall–Kier alpha value is -5.27. The molecule has 59 heavy (non-hydrogen) atoms. The number of phenols is 1. The normalized spacial score (nSPS) is 18.6. The molecule has 6 rings (SSSR count). The van der Waals surface area contributed by atoms with E-state index in [0.29, 0.717) is 41.6 Å². The van der Waals surface area contributed by atoms with Crippen LogP contribution >= 0.6 is 0 Å². The molecule has 13 heteroatoms. The van der Waals surface area contributed by atoms with Crippen molar-refractivity contribution in [1.29, 1.82) is 0 Å². The van der Waals surface area contributed by atoms with E-state index in [2.05, 4.69) is 45.8 Å². The minimum atomic E-state index is -2.53. The van der Waals surface area contributed by atoms with Crippen LogP contribution in [0.25, 0.3) is 0 Å². The van der Waals surface area contributed by atoms with E-state index >= 15 is 0 Å². The Labute approximate surface area is 348 Å². The molecule has 2 fully saturated rings. The van der Waals surface area contributed by atoms with Crippen LogP contribution in [0, 0.1) is 18.3 Å². The maximum absolute atomic E-state index is 14.4. The van der Waals surface area contributed by atoms with Crippen LogP contribution in [0.15, 0.2) is 79.4 Å². The molecule has 12 nitrogen and oxygen atoms in total. The number of aromatic hydroxyl groups is 1. The molecule has 3 amide bonds. The number of nitrogens with zero attached hydrogens (tertiary/aromatic N) is 2. The van der Waals surface area contributed by atoms with Crippen molar-refractivity contribution in [2.24, 2.45) is 11.3 Å². The number of carbonyl (C=O) groups excluding carboxylic acids is 5. The van der Waals surface area contributed by atoms with E-state index in [-0.39, 0.29) is 66.2 Å². The molecule has 1 saturated heterocycles. The van der Waals surface area contributed by atoms with Gasteiger partial charge in [-0.15, -0.1) is 0 Å². The summed E-state index contributed by atoms with van der Waals surface area (Å²) in [5.74, 6) is -2.10. The average molecular weight is 824 g/mol. The number of nitrogens with one attached hydrogen (secondary N) is 1. The second-order valence-corrected chi connectivity index (χ2v) is 22.6. The quantitative estimate of drug-likeness (QED) is 0.0908. The van der Waals surface area contributed by atoms with Crippen LogP contribution in [0.1, 0.15) is 79.1 Å². The number of ketones is 1. The highest BCUT2D eigenvalue weighted by Gasteiger charge is 2.59. The third kappa shape index (κ3) is 10.1. The first-order chi connectivity index (χ1) is 27.9. The van der Waals surface area contributed by atoms with E-state index in [1.807, 2.05) is 35.2 Å². The molecule has 3 aromatic carbocycles. The Morgan fingerprint density at radius 1 is 1.00 bits per heavy atom. The average Bonchev–Trinajstić information content (AvgIpc) is 3.86. The van der Waals surface area contributed by atoms with Crippen LogP contribution < -0.4 is 10.2 Å². The molecular weight excluding hydrogens is 767 g/mol. The van der Waals surface area contributed by atoms with Crippen molar-refractivity contribution in [3.63, 3.8) is 0 Å². The Morgan fingerprint density at radius 2 is 1.68 bits per heavy atom. The van der Waals surface area contributed by atoms with Gasteiger partial charge in [0.05, 0.1) is 36.2 Å². The third-order valence-electron chi connectivity index (χ3n) is 12.3. The van der Waals surface area contributed by atoms with E-state index in [1.54, 1.807) is 37.3 Å². The van der Waals surface area contributed by atoms with E-state index < -0.39 is 44.5 Å². The SMILES string of the molecule is C=CCOC(=O)C[C@@H](Cc1ccccc1)C(=O)NCC(=O)Cc1ccc(COC(=O)N2c3cc(O)c(C)cc3C(=O)N3CC4(CC4)C[C@H]3C2O[Si](C)(C)C(C)(C)C)cc1. The van der Waals surface area contributed by atoms with Gasteiger partial charge in [0.1, 0.15) is 19.0 Å². The number of aryl methyl sites for hydroxylation is 1. The minimum absolute atomic E-state index is 0.0228. The molecule has 1 aliphatic carbocycles. The number of ether oxygens (including phenoxy) is 2. The van der Waals surface area contributed by atoms with Crippen molar-refractivity contribution in [3.8, 4) is 5.75 Å². The van der Waals surface area contributed by atoms with Crippen molar-refractivity contribution < 1.29 is 43.0 Å². The number of rotatable bonds is 15. The number of Topliss-reactive ketones (excluding diaryl/α,β-unsaturated/α-hetero) is 1. The fraction of sp³-hybridized carbons (Fsp3) is 0.457. The lowest BCUT2D eigenvalue weighted by molar-refractivity contribution is -0.145. The van der Waals surface area contributed by atoms with Gasteiger partial charge in [-0.2, -0.15) is 0 Å². The molecule has 2 aliphatic heterocycles. The summed E-state index contributed by atoms with van der Waals surface area (Å²) >= 11 is 0. The second-order valence-electron chi connectivity index (χ2n) is 17.9. The first-order valence-corrected chi connectivity index (χ1v) is 23.3. The van der Waals surface area contributed by atoms with Gasteiger partial charge >= 0.3 is 12.1 Å². The summed E-state index contributed by atoms with van der Waals surface area (Å²) in [5, 5.41) is 13.4. The summed E-state index contributed by atoms with van der Waals surface area (Å²) in [5.41, 5.74) is 3.39. The maximum atomic E-state index is 14.4. The van der Waals surface area contributed by atoms with E-state index in [4.69, 9.17) is 13.9 Å². The van der Waals surface area contributed by atoms with Crippen molar-refractivity contribution in [3.05, 3.63) is 107 Å². The number of anilines is 1. The lowest BCUT2D eigenvalue weighted by Gasteiger charge is -2.44. The van der Waals surface area contributed by atoms with Crippen LogP contribution in [0.5, 0.6) is 5.75 Å². The van der Waals surface area contributed by atoms with Crippen LogP contribution in [0.2, 0.25) is 18.1 Å². The van der Waals surface area contributed by atoms with Crippen LogP contribution in [0.3, 0.4) is 0 Å². The van der Waals surface area contributed by atoms with Gasteiger partial charge < -0.3 is 29.2 Å². The van der Waals surface area contributed by atoms with Gasteiger partial charge in [0.15, 0.2) is 20.3 Å². The van der Waals surface area contributed by atoms with E-state index in [1.165, 1.54) is 17.0 Å². The standard InChI is InChI=1S/C46H57N3O9Si/c1-8-20-56-40(52)24-34(22-31-12-10-9-11-13-31)41(53)47-27-35(50)23-32-14-16-33(17-15-32)28-57-44(55)49-37-25-39(51)30(2)21-36(37)42(54)48-29-46(18-19-46)26-38(48)43(49)58-59(6,7)45(3,4)5/h8-17,21,25,34,38,43,51H,1,18-20,22-24,26-29H2,2-7H3,(H,47,53)/t34-,38+,43?/m1/s1. The van der Waals surface area contributed by atoms with Gasteiger partial charge in [-0.25, -0.2) is 9.69 Å². The molecule has 2 N–H and O–H groups in total. The number of fused-ring (bicyclic) bond motifs is 2. The second kappa shape index (κ2) is 17.5. The lowest BCUT2D eigenvalue weighted by Crippen LogP contribution is -2.58. The smallest absolute Gasteiger partial charge is 0.416 e. The highest BCUT2D eigenvalue weighted by Crippen LogP contribution is 2.57. The van der Waals surface area contributed by atoms with Gasteiger partial charge in [0.25, 0.3) is 5.91 Å². The van der Waals surface area contributed by atoms with Gasteiger partial charge in [-0.05, 0) is 84.5 Å². The summed E-state index contributed by atoms with van der Waals surface area (Å²) in [4.78, 5) is 70.5. The van der Waals surface area contributed by atoms with Crippen molar-refractivity contribution in [2.45, 2.75) is 103 Å². The number of hydrogen-bond acceptors (Lipinski definition) is 9. The monoisotopic (exact) mass is 823 g/mol. The number of carbonyl (C=O) groups is 5. The number of benzene rings is 3. The zero-order valence-electron chi connectivity index (χ0n) is 35.0. The molecule has 1 saturated carbocycles. The molecular formula is C46H57N3O9Si. The number of phenolic OH excluding ortho intramolecular Hbond substituents is 1. The summed E-state index contributed by atoms with van der Waals surface area (Å²) in [6.45, 7) is 16.2. The molecule has 0 aromatic heterocycles. The predicted molar refractivity (Wildman–Crippen MR) is 226 cm³/mol. The molecule has 0 bridgehead atoms. The first kappa shape index (κ1) is 43.3. The Morgan fingerprint density at radius 3 is 2.32 bits per heavy atom. The summed E-state index contributed by atoms with van der Waals surface area (Å²) in [7, 11) is -2.53. The zero-order valence-corrected chi connectivity index (χ0v) is 36.0. The molecule has 1 spiro atoms. The van der Waals surface area contributed by atoms with Crippen LogP contribution in [-0.2, 0) is 47.7 Å². The predicted octanol–water partition coefficient (Wildman–Crippen LogP) is 7.41. The van der Waals surface area contributed by atoms with Crippen molar-refractivity contribution >= 4 is 43.7 Å². The molecule has 2 heterocycles. The summed E-state index contributed by atoms with van der Waals surface area (Å²) < 4.78 is 18.2. The largest absolute Gasteiger partial charge is 0.508 e. The Kier molecular flexibility index (Phi) is 12.9. The van der Waals surface area contributed by atoms with Crippen molar-refractivity contribution in [1.82, 2.24) is 10.2 Å². The summed E-state index contributed by atoms with van der Waals surface area (Å²) in [6, 6.07) is 19.1. The zero-order chi connectivity index (χ0) is 42.7. The van der Waals surface area contributed by atoms with Crippen LogP contribution in [-0.4, -0.2) is 80.0 Å².